The molecule has 0 heterocycles. The van der Waals surface area contributed by atoms with Gasteiger partial charge in [-0.1, -0.05) is 69.2 Å². The van der Waals surface area contributed by atoms with E-state index in [4.69, 9.17) is 4.74 Å². The van der Waals surface area contributed by atoms with Gasteiger partial charge < -0.3 is 25.4 Å². The van der Waals surface area contributed by atoms with Gasteiger partial charge in [-0.3, -0.25) is 9.59 Å². The molecule has 2 aromatic carbocycles. The van der Waals surface area contributed by atoms with Crippen molar-refractivity contribution in [2.24, 2.45) is 0 Å². The van der Waals surface area contributed by atoms with Gasteiger partial charge in [-0.2, -0.15) is 0 Å². The SMILES string of the molecule is CCCCCN(C(=O)C(CO)NC(=O)OC(C)(C)C)C(C(=O)Nc1ccccc1C)c1ccc(CC)cc1. The molecular formula is C30H43N3O5. The Morgan fingerprint density at radius 2 is 1.66 bits per heavy atom. The van der Waals surface area contributed by atoms with E-state index < -0.39 is 36.3 Å². The fraction of sp³-hybridized carbons (Fsp3) is 0.500. The lowest BCUT2D eigenvalue weighted by Gasteiger charge is -2.34. The predicted molar refractivity (Wildman–Crippen MR) is 150 cm³/mol. The van der Waals surface area contributed by atoms with E-state index in [1.165, 1.54) is 4.90 Å². The number of carbonyl (C=O) groups is 3. The van der Waals surface area contributed by atoms with Crippen LogP contribution in [0.1, 0.15) is 76.6 Å². The first-order valence-electron chi connectivity index (χ1n) is 13.4. The predicted octanol–water partition coefficient (Wildman–Crippen LogP) is 5.14. The average molecular weight is 526 g/mol. The molecule has 0 aliphatic rings. The maximum Gasteiger partial charge on any atom is 0.408 e. The number of hydrogen-bond acceptors (Lipinski definition) is 5. The van der Waals surface area contributed by atoms with E-state index in [9.17, 15) is 19.5 Å². The molecule has 2 atom stereocenters. The second-order valence-electron chi connectivity index (χ2n) is 10.4. The Morgan fingerprint density at radius 1 is 1.00 bits per heavy atom. The molecule has 0 spiro atoms. The molecule has 8 heteroatoms. The number of rotatable bonds is 12. The van der Waals surface area contributed by atoms with Crippen molar-refractivity contribution in [2.75, 3.05) is 18.5 Å². The maximum atomic E-state index is 13.8. The van der Waals surface area contributed by atoms with E-state index in [2.05, 4.69) is 17.6 Å². The molecule has 208 valence electrons. The van der Waals surface area contributed by atoms with E-state index in [-0.39, 0.29) is 12.5 Å². The number of para-hydroxylation sites is 1. The van der Waals surface area contributed by atoms with Crippen molar-refractivity contribution >= 4 is 23.6 Å². The van der Waals surface area contributed by atoms with Gasteiger partial charge in [0.15, 0.2) is 0 Å². The first-order chi connectivity index (χ1) is 18.0. The summed E-state index contributed by atoms with van der Waals surface area (Å²) in [5, 5.41) is 15.5. The summed E-state index contributed by atoms with van der Waals surface area (Å²) in [5.41, 5.74) is 2.52. The van der Waals surface area contributed by atoms with Gasteiger partial charge in [0.2, 0.25) is 5.91 Å². The number of carbonyl (C=O) groups excluding carboxylic acids is 3. The van der Waals surface area contributed by atoms with Crippen LogP contribution >= 0.6 is 0 Å². The molecule has 0 radical (unpaired) electrons. The van der Waals surface area contributed by atoms with Crippen LogP contribution < -0.4 is 10.6 Å². The molecule has 3 N–H and O–H groups in total. The summed E-state index contributed by atoms with van der Waals surface area (Å²) in [5.74, 6) is -0.929. The van der Waals surface area contributed by atoms with Crippen LogP contribution in [0.2, 0.25) is 0 Å². The Balaban J connectivity index is 2.49. The van der Waals surface area contributed by atoms with Crippen LogP contribution in [0.5, 0.6) is 0 Å². The van der Waals surface area contributed by atoms with Crippen molar-refractivity contribution in [1.29, 1.82) is 0 Å². The molecule has 0 aromatic heterocycles. The van der Waals surface area contributed by atoms with Crippen LogP contribution in [0.3, 0.4) is 0 Å². The molecule has 38 heavy (non-hydrogen) atoms. The second-order valence-corrected chi connectivity index (χ2v) is 10.4. The van der Waals surface area contributed by atoms with Crippen LogP contribution in [0.15, 0.2) is 48.5 Å². The fourth-order valence-electron chi connectivity index (χ4n) is 4.06. The van der Waals surface area contributed by atoms with Gasteiger partial charge in [0.1, 0.15) is 17.7 Å². The third-order valence-corrected chi connectivity index (χ3v) is 6.12. The number of aliphatic hydroxyl groups is 1. The highest BCUT2D eigenvalue weighted by atomic mass is 16.6. The number of aliphatic hydroxyl groups excluding tert-OH is 1. The lowest BCUT2D eigenvalue weighted by Crippen LogP contribution is -2.54. The van der Waals surface area contributed by atoms with Crippen LogP contribution in [-0.4, -0.2) is 52.7 Å². The number of nitrogens with one attached hydrogen (secondary N) is 2. The van der Waals surface area contributed by atoms with Gasteiger partial charge in [-0.15, -0.1) is 0 Å². The summed E-state index contributed by atoms with van der Waals surface area (Å²) in [6, 6.07) is 12.8. The average Bonchev–Trinajstić information content (AvgIpc) is 2.87. The van der Waals surface area contributed by atoms with E-state index in [1.54, 1.807) is 20.8 Å². The molecule has 0 fully saturated rings. The van der Waals surface area contributed by atoms with Gasteiger partial charge in [-0.25, -0.2) is 4.79 Å². The van der Waals surface area contributed by atoms with Crippen LogP contribution in [0.4, 0.5) is 10.5 Å². The molecule has 0 aliphatic heterocycles. The minimum absolute atomic E-state index is 0.278. The number of benzene rings is 2. The third kappa shape index (κ3) is 9.17. The lowest BCUT2D eigenvalue weighted by atomic mass is 9.99. The first kappa shape index (κ1) is 30.8. The molecule has 8 nitrogen and oxygen atoms in total. The minimum atomic E-state index is -1.27. The highest BCUT2D eigenvalue weighted by molar-refractivity contribution is 5.99. The first-order valence-corrected chi connectivity index (χ1v) is 13.4. The van der Waals surface area contributed by atoms with Crippen molar-refractivity contribution in [3.63, 3.8) is 0 Å². The molecular weight excluding hydrogens is 482 g/mol. The van der Waals surface area contributed by atoms with Gasteiger partial charge in [-0.05, 0) is 63.3 Å². The van der Waals surface area contributed by atoms with Crippen molar-refractivity contribution in [2.45, 2.75) is 84.9 Å². The van der Waals surface area contributed by atoms with Crippen molar-refractivity contribution in [1.82, 2.24) is 10.2 Å². The summed E-state index contributed by atoms with van der Waals surface area (Å²) in [7, 11) is 0. The number of unbranched alkanes of at least 4 members (excludes halogenated alkanes) is 2. The van der Waals surface area contributed by atoms with E-state index in [1.807, 2.05) is 62.4 Å². The van der Waals surface area contributed by atoms with Crippen molar-refractivity contribution in [3.8, 4) is 0 Å². The summed E-state index contributed by atoms with van der Waals surface area (Å²) >= 11 is 0. The second kappa shape index (κ2) is 14.5. The zero-order chi connectivity index (χ0) is 28.3. The summed E-state index contributed by atoms with van der Waals surface area (Å²) in [6.45, 7) is 10.8. The van der Waals surface area contributed by atoms with Crippen LogP contribution in [0.25, 0.3) is 0 Å². The lowest BCUT2D eigenvalue weighted by molar-refractivity contribution is -0.141. The fourth-order valence-corrected chi connectivity index (χ4v) is 4.06. The third-order valence-electron chi connectivity index (χ3n) is 6.12. The quantitative estimate of drug-likeness (QED) is 0.333. The molecule has 0 aliphatic carbocycles. The summed E-state index contributed by atoms with van der Waals surface area (Å²) in [4.78, 5) is 41.6. The Morgan fingerprint density at radius 3 is 2.21 bits per heavy atom. The number of hydrogen-bond donors (Lipinski definition) is 3. The number of aryl methyl sites for hydroxylation is 2. The minimum Gasteiger partial charge on any atom is -0.444 e. The Bertz CT molecular complexity index is 1060. The largest absolute Gasteiger partial charge is 0.444 e. The van der Waals surface area contributed by atoms with E-state index >= 15 is 0 Å². The molecule has 2 unspecified atom stereocenters. The highest BCUT2D eigenvalue weighted by Crippen LogP contribution is 2.26. The Kier molecular flexibility index (Phi) is 11.8. The summed E-state index contributed by atoms with van der Waals surface area (Å²) in [6.07, 6.45) is 2.47. The number of amides is 3. The molecule has 0 saturated carbocycles. The number of alkyl carbamates (subject to hydrolysis) is 1. The molecule has 2 aromatic rings. The van der Waals surface area contributed by atoms with Gasteiger partial charge in [0.05, 0.1) is 6.61 Å². The Hall–Kier alpha value is -3.39. The zero-order valence-corrected chi connectivity index (χ0v) is 23.5. The molecule has 0 saturated heterocycles. The normalized spacial score (nSPS) is 12.8. The van der Waals surface area contributed by atoms with Gasteiger partial charge in [0.25, 0.3) is 5.91 Å². The highest BCUT2D eigenvalue weighted by Gasteiger charge is 2.36. The topological polar surface area (TPSA) is 108 Å². The van der Waals surface area contributed by atoms with Gasteiger partial charge in [0, 0.05) is 12.2 Å². The van der Waals surface area contributed by atoms with E-state index in [0.29, 0.717) is 17.7 Å². The molecule has 2 rings (SSSR count). The van der Waals surface area contributed by atoms with Crippen molar-refractivity contribution < 1.29 is 24.2 Å². The standard InChI is InChI=1S/C30H43N3O5/c1-7-9-12-19-33(28(36)25(20-34)32-29(37)38-30(4,5)6)26(23-17-15-22(8-2)16-18-23)27(35)31-24-14-11-10-13-21(24)3/h10-11,13-18,25-26,34H,7-9,12,19-20H2,1-6H3,(H,31,35)(H,32,37). The smallest absolute Gasteiger partial charge is 0.408 e. The maximum absolute atomic E-state index is 13.8. The zero-order valence-electron chi connectivity index (χ0n) is 23.5. The van der Waals surface area contributed by atoms with E-state index in [0.717, 1.165) is 30.4 Å². The number of nitrogens with zero attached hydrogens (tertiary/aromatic N) is 1. The van der Waals surface area contributed by atoms with Crippen LogP contribution in [-0.2, 0) is 20.7 Å². The number of ether oxygens (including phenoxy) is 1. The number of anilines is 1. The Labute approximate surface area is 226 Å². The monoisotopic (exact) mass is 525 g/mol. The molecule has 0 bridgehead atoms. The van der Waals surface area contributed by atoms with Crippen LogP contribution in [0, 0.1) is 6.92 Å². The van der Waals surface area contributed by atoms with Crippen molar-refractivity contribution in [3.05, 3.63) is 65.2 Å². The summed E-state index contributed by atoms with van der Waals surface area (Å²) < 4.78 is 5.30. The molecule has 3 amide bonds. The van der Waals surface area contributed by atoms with Gasteiger partial charge >= 0.3 is 6.09 Å².